The molecule has 0 spiro atoms. The summed E-state index contributed by atoms with van der Waals surface area (Å²) in [6, 6.07) is 6.54. The molecule has 1 rings (SSSR count). The lowest BCUT2D eigenvalue weighted by atomic mass is 9.93. The zero-order chi connectivity index (χ0) is 10.6. The summed E-state index contributed by atoms with van der Waals surface area (Å²) < 4.78 is 5.32. The summed E-state index contributed by atoms with van der Waals surface area (Å²) in [6.45, 7) is 6.55. The minimum atomic E-state index is 0.671. The SMILES string of the molecule is CCC(CC)c1ccc(C)c(OC)c1. The van der Waals surface area contributed by atoms with Crippen LogP contribution in [0.25, 0.3) is 0 Å². The molecule has 0 saturated heterocycles. The first-order chi connectivity index (χ1) is 6.72. The number of rotatable bonds is 4. The van der Waals surface area contributed by atoms with Gasteiger partial charge in [0.1, 0.15) is 5.75 Å². The Morgan fingerprint density at radius 2 is 1.86 bits per heavy atom. The van der Waals surface area contributed by atoms with Crippen LogP contribution in [0.1, 0.15) is 43.7 Å². The van der Waals surface area contributed by atoms with E-state index in [1.54, 1.807) is 7.11 Å². The van der Waals surface area contributed by atoms with Gasteiger partial charge in [-0.1, -0.05) is 26.0 Å². The summed E-state index contributed by atoms with van der Waals surface area (Å²) in [7, 11) is 1.74. The molecule has 0 aromatic heterocycles. The van der Waals surface area contributed by atoms with E-state index < -0.39 is 0 Å². The fourth-order valence-electron chi connectivity index (χ4n) is 1.85. The van der Waals surface area contributed by atoms with Gasteiger partial charge in [-0.05, 0) is 42.9 Å². The van der Waals surface area contributed by atoms with E-state index in [9.17, 15) is 0 Å². The van der Waals surface area contributed by atoms with E-state index in [-0.39, 0.29) is 0 Å². The number of hydrogen-bond acceptors (Lipinski definition) is 1. The summed E-state index contributed by atoms with van der Waals surface area (Å²) in [5.41, 5.74) is 2.61. The van der Waals surface area contributed by atoms with Crippen LogP contribution in [0.5, 0.6) is 5.75 Å². The fraction of sp³-hybridized carbons (Fsp3) is 0.538. The van der Waals surface area contributed by atoms with E-state index in [1.165, 1.54) is 24.0 Å². The Labute approximate surface area is 87.1 Å². The van der Waals surface area contributed by atoms with E-state index >= 15 is 0 Å². The third kappa shape index (κ3) is 2.28. The number of hydrogen-bond donors (Lipinski definition) is 0. The van der Waals surface area contributed by atoms with Crippen LogP contribution in [0.4, 0.5) is 0 Å². The van der Waals surface area contributed by atoms with Gasteiger partial charge in [-0.15, -0.1) is 0 Å². The van der Waals surface area contributed by atoms with Crippen LogP contribution < -0.4 is 4.74 Å². The Morgan fingerprint density at radius 1 is 1.21 bits per heavy atom. The van der Waals surface area contributed by atoms with Crippen LogP contribution in [0.3, 0.4) is 0 Å². The highest BCUT2D eigenvalue weighted by Crippen LogP contribution is 2.28. The van der Waals surface area contributed by atoms with E-state index in [1.807, 2.05) is 0 Å². The molecule has 0 aliphatic rings. The van der Waals surface area contributed by atoms with Crippen molar-refractivity contribution in [3.05, 3.63) is 29.3 Å². The lowest BCUT2D eigenvalue weighted by Crippen LogP contribution is -1.97. The summed E-state index contributed by atoms with van der Waals surface area (Å²) >= 11 is 0. The molecule has 0 radical (unpaired) electrons. The van der Waals surface area contributed by atoms with Gasteiger partial charge >= 0.3 is 0 Å². The summed E-state index contributed by atoms with van der Waals surface area (Å²) in [6.07, 6.45) is 2.39. The maximum absolute atomic E-state index is 5.32. The van der Waals surface area contributed by atoms with Gasteiger partial charge < -0.3 is 4.74 Å². The average Bonchev–Trinajstić information content (AvgIpc) is 2.22. The molecule has 0 aliphatic heterocycles. The molecule has 0 saturated carbocycles. The molecule has 1 aromatic rings. The van der Waals surface area contributed by atoms with Crippen LogP contribution in [-0.2, 0) is 0 Å². The summed E-state index contributed by atoms with van der Waals surface area (Å²) in [4.78, 5) is 0. The van der Waals surface area contributed by atoms with Crippen molar-refractivity contribution in [2.75, 3.05) is 7.11 Å². The van der Waals surface area contributed by atoms with Crippen LogP contribution in [-0.4, -0.2) is 7.11 Å². The predicted molar refractivity (Wildman–Crippen MR) is 61.1 cm³/mol. The molecule has 1 heteroatoms. The lowest BCUT2D eigenvalue weighted by Gasteiger charge is -2.14. The Kier molecular flexibility index (Phi) is 3.99. The van der Waals surface area contributed by atoms with E-state index in [2.05, 4.69) is 39.0 Å². The van der Waals surface area contributed by atoms with Gasteiger partial charge in [0.05, 0.1) is 7.11 Å². The van der Waals surface area contributed by atoms with Crippen molar-refractivity contribution in [3.8, 4) is 5.75 Å². The lowest BCUT2D eigenvalue weighted by molar-refractivity contribution is 0.410. The van der Waals surface area contributed by atoms with Crippen molar-refractivity contribution in [1.29, 1.82) is 0 Å². The second-order valence-corrected chi connectivity index (χ2v) is 3.74. The van der Waals surface area contributed by atoms with Crippen molar-refractivity contribution >= 4 is 0 Å². The molecular formula is C13H20O. The molecule has 0 atom stereocenters. The maximum atomic E-state index is 5.32. The zero-order valence-electron chi connectivity index (χ0n) is 9.63. The highest BCUT2D eigenvalue weighted by atomic mass is 16.5. The smallest absolute Gasteiger partial charge is 0.122 e. The molecule has 1 nitrogen and oxygen atoms in total. The molecule has 78 valence electrons. The van der Waals surface area contributed by atoms with Crippen molar-refractivity contribution in [2.24, 2.45) is 0 Å². The second-order valence-electron chi connectivity index (χ2n) is 3.74. The van der Waals surface area contributed by atoms with Crippen molar-refractivity contribution in [1.82, 2.24) is 0 Å². The van der Waals surface area contributed by atoms with Gasteiger partial charge in [0.15, 0.2) is 0 Å². The first-order valence-electron chi connectivity index (χ1n) is 5.37. The normalized spacial score (nSPS) is 10.6. The maximum Gasteiger partial charge on any atom is 0.122 e. The zero-order valence-corrected chi connectivity index (χ0v) is 9.63. The highest BCUT2D eigenvalue weighted by molar-refractivity contribution is 5.37. The van der Waals surface area contributed by atoms with Crippen molar-refractivity contribution in [3.63, 3.8) is 0 Å². The monoisotopic (exact) mass is 192 g/mol. The van der Waals surface area contributed by atoms with Crippen LogP contribution >= 0.6 is 0 Å². The van der Waals surface area contributed by atoms with Crippen molar-refractivity contribution in [2.45, 2.75) is 39.5 Å². The molecule has 0 aliphatic carbocycles. The van der Waals surface area contributed by atoms with Crippen LogP contribution in [0.2, 0.25) is 0 Å². The standard InChI is InChI=1S/C13H20O/c1-5-11(6-2)12-8-7-10(3)13(9-12)14-4/h7-9,11H,5-6H2,1-4H3. The van der Waals surface area contributed by atoms with Crippen LogP contribution in [0.15, 0.2) is 18.2 Å². The summed E-state index contributed by atoms with van der Waals surface area (Å²) in [5.74, 6) is 1.68. The van der Waals surface area contributed by atoms with E-state index in [4.69, 9.17) is 4.74 Å². The van der Waals surface area contributed by atoms with Gasteiger partial charge in [-0.2, -0.15) is 0 Å². The fourth-order valence-corrected chi connectivity index (χ4v) is 1.85. The Balaban J connectivity index is 2.98. The molecule has 0 heterocycles. The number of methoxy groups -OCH3 is 1. The van der Waals surface area contributed by atoms with Gasteiger partial charge in [-0.3, -0.25) is 0 Å². The van der Waals surface area contributed by atoms with Gasteiger partial charge in [-0.25, -0.2) is 0 Å². The topological polar surface area (TPSA) is 9.23 Å². The third-order valence-corrected chi connectivity index (χ3v) is 2.89. The van der Waals surface area contributed by atoms with Crippen molar-refractivity contribution < 1.29 is 4.74 Å². The first kappa shape index (κ1) is 11.1. The quantitative estimate of drug-likeness (QED) is 0.703. The second kappa shape index (κ2) is 5.04. The van der Waals surface area contributed by atoms with Crippen LogP contribution in [0, 0.1) is 6.92 Å². The molecule has 0 fully saturated rings. The number of aryl methyl sites for hydroxylation is 1. The van der Waals surface area contributed by atoms with E-state index in [0.717, 1.165) is 5.75 Å². The minimum Gasteiger partial charge on any atom is -0.496 e. The average molecular weight is 192 g/mol. The molecule has 0 bridgehead atoms. The van der Waals surface area contributed by atoms with E-state index in [0.29, 0.717) is 5.92 Å². The molecule has 0 unspecified atom stereocenters. The molecule has 14 heavy (non-hydrogen) atoms. The number of benzene rings is 1. The van der Waals surface area contributed by atoms with Gasteiger partial charge in [0.2, 0.25) is 0 Å². The first-order valence-corrected chi connectivity index (χ1v) is 5.37. The van der Waals surface area contributed by atoms with Gasteiger partial charge in [0.25, 0.3) is 0 Å². The molecular weight excluding hydrogens is 172 g/mol. The predicted octanol–water partition coefficient (Wildman–Crippen LogP) is 3.91. The van der Waals surface area contributed by atoms with Gasteiger partial charge in [0, 0.05) is 0 Å². The molecule has 0 amide bonds. The summed E-state index contributed by atoms with van der Waals surface area (Å²) in [5, 5.41) is 0. The highest BCUT2D eigenvalue weighted by Gasteiger charge is 2.08. The number of ether oxygens (including phenoxy) is 1. The Hall–Kier alpha value is -0.980. The Morgan fingerprint density at radius 3 is 2.36 bits per heavy atom. The largest absolute Gasteiger partial charge is 0.496 e. The minimum absolute atomic E-state index is 0.671. The molecule has 1 aromatic carbocycles. The molecule has 0 N–H and O–H groups in total. The third-order valence-electron chi connectivity index (χ3n) is 2.89. The Bertz CT molecular complexity index is 287.